The number of hydrogen-bond acceptors (Lipinski definition) is 2. The second-order valence-electron chi connectivity index (χ2n) is 3.66. The van der Waals surface area contributed by atoms with Crippen LogP contribution in [-0.2, 0) is 0 Å². The van der Waals surface area contributed by atoms with Gasteiger partial charge in [-0.15, -0.1) is 0 Å². The summed E-state index contributed by atoms with van der Waals surface area (Å²) in [7, 11) is 0. The Balaban J connectivity index is 0.000000921. The van der Waals surface area contributed by atoms with Gasteiger partial charge in [0, 0.05) is 28.6 Å². The molecular weight excluding hydrogens is 281 g/mol. The van der Waals surface area contributed by atoms with Crippen molar-refractivity contribution in [1.82, 2.24) is 0 Å². The van der Waals surface area contributed by atoms with E-state index < -0.39 is 0 Å². The second kappa shape index (κ2) is 12.2. The van der Waals surface area contributed by atoms with E-state index in [1.54, 1.807) is 24.4 Å². The molecule has 0 atom stereocenters. The van der Waals surface area contributed by atoms with Crippen LogP contribution >= 0.6 is 11.9 Å². The highest BCUT2D eigenvalue weighted by Gasteiger charge is 1.96. The number of hydrogen-bond donors (Lipinski definition) is 0. The average Bonchev–Trinajstić information content (AvgIpc) is 2.55. The summed E-state index contributed by atoms with van der Waals surface area (Å²) in [5.74, 6) is -0.249. The van der Waals surface area contributed by atoms with Gasteiger partial charge in [0.15, 0.2) is 0 Å². The van der Waals surface area contributed by atoms with Gasteiger partial charge in [0.2, 0.25) is 0 Å². The first-order valence-corrected chi connectivity index (χ1v) is 8.04. The monoisotopic (exact) mass is 305 g/mol. The Hall–Kier alpha value is -1.61. The van der Waals surface area contributed by atoms with Crippen molar-refractivity contribution in [3.63, 3.8) is 0 Å². The summed E-state index contributed by atoms with van der Waals surface area (Å²) in [6.45, 7) is 10.0. The van der Waals surface area contributed by atoms with Crippen LogP contribution in [0.1, 0.15) is 38.8 Å². The van der Waals surface area contributed by atoms with Crippen molar-refractivity contribution in [1.29, 1.82) is 0 Å². The van der Waals surface area contributed by atoms with Gasteiger partial charge in [0.05, 0.1) is 0 Å². The summed E-state index contributed by atoms with van der Waals surface area (Å²) in [5, 5.41) is 0. The van der Waals surface area contributed by atoms with E-state index in [2.05, 4.69) is 4.40 Å². The number of rotatable bonds is 3. The van der Waals surface area contributed by atoms with Gasteiger partial charge in [-0.25, -0.2) is 8.79 Å². The van der Waals surface area contributed by atoms with Crippen LogP contribution in [0.5, 0.6) is 0 Å². The van der Waals surface area contributed by atoms with Crippen molar-refractivity contribution >= 4 is 18.2 Å². The molecule has 0 bridgehead atoms. The van der Waals surface area contributed by atoms with Gasteiger partial charge in [-0.2, -0.15) is 0 Å². The predicted octanol–water partition coefficient (Wildman–Crippen LogP) is 6.31. The highest BCUT2D eigenvalue weighted by Crippen LogP contribution is 2.19. The Bertz CT molecular complexity index is 521. The summed E-state index contributed by atoms with van der Waals surface area (Å²) in [6.07, 6.45) is 1.54. The Labute approximate surface area is 132 Å². The molecule has 2 aromatic carbocycles. The Morgan fingerprint density at radius 2 is 1.48 bits per heavy atom. The minimum absolute atomic E-state index is 0.249. The van der Waals surface area contributed by atoms with Crippen molar-refractivity contribution < 1.29 is 4.39 Å². The van der Waals surface area contributed by atoms with Crippen LogP contribution in [0.3, 0.4) is 0 Å². The molecule has 2 rings (SSSR count). The highest BCUT2D eigenvalue weighted by atomic mass is 32.2. The third-order valence-corrected chi connectivity index (χ3v) is 2.97. The summed E-state index contributed by atoms with van der Waals surface area (Å²) in [6, 6.07) is 14.6. The van der Waals surface area contributed by atoms with Gasteiger partial charge in [-0.3, -0.25) is 0 Å². The molecule has 0 amide bonds. The normalized spacial score (nSPS) is 9.43. The standard InChI is InChI=1S/C14H12FNS.2C2H6/c1-11-6-8-13(9-7-11)17-16-10-12-4-2-3-5-14(12)15;2*1-2/h2-10H,1H3;2*1-2H3/b16-10+;;. The molecule has 114 valence electrons. The van der Waals surface area contributed by atoms with E-state index in [4.69, 9.17) is 0 Å². The van der Waals surface area contributed by atoms with Crippen molar-refractivity contribution in [2.24, 2.45) is 4.40 Å². The molecule has 0 aromatic heterocycles. The molecule has 0 N–H and O–H groups in total. The van der Waals surface area contributed by atoms with Crippen LogP contribution in [0.4, 0.5) is 4.39 Å². The van der Waals surface area contributed by atoms with E-state index in [9.17, 15) is 4.39 Å². The zero-order valence-electron chi connectivity index (χ0n) is 13.4. The summed E-state index contributed by atoms with van der Waals surface area (Å²) < 4.78 is 17.4. The summed E-state index contributed by atoms with van der Waals surface area (Å²) in [5.41, 5.74) is 1.72. The third kappa shape index (κ3) is 7.66. The maximum Gasteiger partial charge on any atom is 0.131 e. The Kier molecular flexibility index (Phi) is 11.2. The molecule has 0 saturated heterocycles. The molecule has 0 aliphatic heterocycles. The molecule has 0 spiro atoms. The maximum atomic E-state index is 13.3. The van der Waals surface area contributed by atoms with Crippen molar-refractivity contribution in [3.05, 3.63) is 65.5 Å². The van der Waals surface area contributed by atoms with E-state index in [0.29, 0.717) is 5.56 Å². The minimum Gasteiger partial charge on any atom is -0.219 e. The van der Waals surface area contributed by atoms with Crippen molar-refractivity contribution in [2.45, 2.75) is 39.5 Å². The van der Waals surface area contributed by atoms with Crippen LogP contribution in [-0.4, -0.2) is 6.21 Å². The van der Waals surface area contributed by atoms with Crippen LogP contribution < -0.4 is 0 Å². The zero-order valence-corrected chi connectivity index (χ0v) is 14.2. The van der Waals surface area contributed by atoms with Crippen molar-refractivity contribution in [2.75, 3.05) is 0 Å². The predicted molar refractivity (Wildman–Crippen MR) is 93.7 cm³/mol. The molecule has 0 aliphatic carbocycles. The zero-order chi connectivity index (χ0) is 16.1. The first kappa shape index (κ1) is 19.4. The van der Waals surface area contributed by atoms with E-state index in [-0.39, 0.29) is 5.82 Å². The molecule has 2 aromatic rings. The molecule has 0 unspecified atom stereocenters. The lowest BCUT2D eigenvalue weighted by Crippen LogP contribution is -1.85. The third-order valence-electron chi connectivity index (χ3n) is 2.28. The van der Waals surface area contributed by atoms with E-state index in [1.165, 1.54) is 23.6 Å². The van der Waals surface area contributed by atoms with Crippen LogP contribution in [0.2, 0.25) is 0 Å². The smallest absolute Gasteiger partial charge is 0.131 e. The fourth-order valence-electron chi connectivity index (χ4n) is 1.32. The summed E-state index contributed by atoms with van der Waals surface area (Å²) >= 11 is 1.34. The van der Waals surface area contributed by atoms with Gasteiger partial charge in [0.25, 0.3) is 0 Å². The van der Waals surface area contributed by atoms with Crippen molar-refractivity contribution in [3.8, 4) is 0 Å². The largest absolute Gasteiger partial charge is 0.219 e. The molecule has 0 heterocycles. The molecule has 3 heteroatoms. The lowest BCUT2D eigenvalue weighted by molar-refractivity contribution is 0.626. The average molecular weight is 305 g/mol. The SMILES string of the molecule is CC.CC.Cc1ccc(S/N=C/c2ccccc2F)cc1. The molecule has 0 aliphatic rings. The van der Waals surface area contributed by atoms with Gasteiger partial charge >= 0.3 is 0 Å². The Morgan fingerprint density at radius 3 is 2.05 bits per heavy atom. The van der Waals surface area contributed by atoms with Crippen LogP contribution in [0.15, 0.2) is 57.8 Å². The first-order valence-electron chi connectivity index (χ1n) is 7.27. The molecule has 0 fully saturated rings. The molecule has 0 saturated carbocycles. The van der Waals surface area contributed by atoms with Gasteiger partial charge in [0.1, 0.15) is 5.82 Å². The maximum absolute atomic E-state index is 13.3. The summed E-state index contributed by atoms with van der Waals surface area (Å²) in [4.78, 5) is 1.04. The molecular formula is C18H24FNS. The van der Waals surface area contributed by atoms with Crippen LogP contribution in [0.25, 0.3) is 0 Å². The second-order valence-corrected chi connectivity index (χ2v) is 4.53. The Morgan fingerprint density at radius 1 is 0.905 bits per heavy atom. The lowest BCUT2D eigenvalue weighted by Gasteiger charge is -1.97. The molecule has 0 radical (unpaired) electrons. The molecule has 21 heavy (non-hydrogen) atoms. The van der Waals surface area contributed by atoms with Gasteiger partial charge < -0.3 is 0 Å². The lowest BCUT2D eigenvalue weighted by atomic mass is 10.2. The first-order chi connectivity index (χ1) is 10.3. The van der Waals surface area contributed by atoms with E-state index in [0.717, 1.165) is 4.90 Å². The van der Waals surface area contributed by atoms with Crippen LogP contribution in [0, 0.1) is 12.7 Å². The number of benzene rings is 2. The van der Waals surface area contributed by atoms with E-state index >= 15 is 0 Å². The van der Waals surface area contributed by atoms with Gasteiger partial charge in [-0.1, -0.05) is 63.6 Å². The number of nitrogens with zero attached hydrogens (tertiary/aromatic N) is 1. The fraction of sp³-hybridized carbons (Fsp3) is 0.278. The number of aryl methyl sites for hydroxylation is 1. The minimum atomic E-state index is -0.249. The quantitative estimate of drug-likeness (QED) is 0.478. The fourth-order valence-corrected chi connectivity index (χ4v) is 1.87. The molecule has 1 nitrogen and oxygen atoms in total. The highest BCUT2D eigenvalue weighted by molar-refractivity contribution is 7.98. The topological polar surface area (TPSA) is 12.4 Å². The number of halogens is 1. The van der Waals surface area contributed by atoms with E-state index in [1.807, 2.05) is 58.9 Å². The van der Waals surface area contributed by atoms with Gasteiger partial charge in [-0.05, 0) is 25.1 Å².